The summed E-state index contributed by atoms with van der Waals surface area (Å²) in [5.41, 5.74) is 0.693. The summed E-state index contributed by atoms with van der Waals surface area (Å²) in [6.07, 6.45) is 4.56. The van der Waals surface area contributed by atoms with Crippen LogP contribution in [0.5, 0.6) is 11.9 Å². The molecule has 0 aromatic carbocycles. The Morgan fingerprint density at radius 1 is 1.33 bits per heavy atom. The van der Waals surface area contributed by atoms with E-state index >= 15 is 0 Å². The molecule has 0 atom stereocenters. The second-order valence-electron chi connectivity index (χ2n) is 2.78. The quantitative estimate of drug-likeness (QED) is 0.733. The van der Waals surface area contributed by atoms with Crippen molar-refractivity contribution in [3.8, 4) is 11.9 Å². The zero-order chi connectivity index (χ0) is 10.7. The molecule has 0 saturated carbocycles. The predicted molar refractivity (Wildman–Crippen MR) is 52.7 cm³/mol. The Bertz CT molecular complexity index is 441. The van der Waals surface area contributed by atoms with E-state index in [-0.39, 0.29) is 6.01 Å². The van der Waals surface area contributed by atoms with Gasteiger partial charge in [-0.05, 0) is 0 Å². The number of hydrogen-bond acceptors (Lipinski definition) is 5. The number of aromatic nitrogens is 5. The molecule has 15 heavy (non-hydrogen) atoms. The Morgan fingerprint density at radius 3 is 2.73 bits per heavy atom. The third kappa shape index (κ3) is 2.41. The largest absolute Gasteiger partial charge is 0.402 e. The summed E-state index contributed by atoms with van der Waals surface area (Å²) in [5, 5.41) is 3.94. The van der Waals surface area contributed by atoms with E-state index < -0.39 is 0 Å². The first kappa shape index (κ1) is 9.85. The lowest BCUT2D eigenvalue weighted by molar-refractivity contribution is 0.420. The maximum Gasteiger partial charge on any atom is 0.342 e. The summed E-state index contributed by atoms with van der Waals surface area (Å²) >= 11 is 5.57. The lowest BCUT2D eigenvalue weighted by Crippen LogP contribution is -1.94. The van der Waals surface area contributed by atoms with E-state index in [0.717, 1.165) is 0 Å². The van der Waals surface area contributed by atoms with Crippen LogP contribution in [0.15, 0.2) is 18.7 Å². The number of halogens is 1. The Labute approximate surface area is 90.9 Å². The van der Waals surface area contributed by atoms with Crippen LogP contribution in [0.1, 0.15) is 5.69 Å². The highest BCUT2D eigenvalue weighted by Gasteiger charge is 2.03. The van der Waals surface area contributed by atoms with Crippen molar-refractivity contribution in [2.45, 2.75) is 5.88 Å². The lowest BCUT2D eigenvalue weighted by Gasteiger charge is -1.99. The van der Waals surface area contributed by atoms with Gasteiger partial charge in [0.1, 0.15) is 6.33 Å². The summed E-state index contributed by atoms with van der Waals surface area (Å²) in [6.45, 7) is 0. The highest BCUT2D eigenvalue weighted by Crippen LogP contribution is 2.12. The van der Waals surface area contributed by atoms with Crippen LogP contribution in [-0.2, 0) is 12.9 Å². The maximum atomic E-state index is 5.57. The molecule has 2 rings (SSSR count). The zero-order valence-electron chi connectivity index (χ0n) is 7.96. The van der Waals surface area contributed by atoms with E-state index in [4.69, 9.17) is 16.3 Å². The first-order valence-electron chi connectivity index (χ1n) is 4.18. The first-order chi connectivity index (χ1) is 7.28. The Kier molecular flexibility index (Phi) is 2.77. The summed E-state index contributed by atoms with van der Waals surface area (Å²) in [6, 6.07) is 0.241. The standard InChI is InChI=1S/C8H8ClN5O/c1-14-5-12-8(13-14)15-7-4-10-6(2-9)3-11-7/h3-5H,2H2,1H3. The smallest absolute Gasteiger partial charge is 0.342 e. The van der Waals surface area contributed by atoms with Crippen LogP contribution in [0.3, 0.4) is 0 Å². The SMILES string of the molecule is Cn1cnc(Oc2cnc(CCl)cn2)n1. The van der Waals surface area contributed by atoms with Crippen LogP contribution in [0, 0.1) is 0 Å². The topological polar surface area (TPSA) is 65.7 Å². The molecule has 0 spiro atoms. The summed E-state index contributed by atoms with van der Waals surface area (Å²) in [7, 11) is 1.75. The highest BCUT2D eigenvalue weighted by molar-refractivity contribution is 6.16. The average molecular weight is 226 g/mol. The zero-order valence-corrected chi connectivity index (χ0v) is 8.72. The fourth-order valence-corrected chi connectivity index (χ4v) is 1.06. The summed E-state index contributed by atoms with van der Waals surface area (Å²) in [5.74, 6) is 0.671. The molecule has 0 saturated heterocycles. The molecule has 0 unspecified atom stereocenters. The molecule has 0 radical (unpaired) electrons. The first-order valence-corrected chi connectivity index (χ1v) is 4.72. The highest BCUT2D eigenvalue weighted by atomic mass is 35.5. The molecule has 6 nitrogen and oxygen atoms in total. The van der Waals surface area contributed by atoms with E-state index in [1.54, 1.807) is 13.2 Å². The molecule has 0 aliphatic carbocycles. The normalized spacial score (nSPS) is 10.3. The van der Waals surface area contributed by atoms with Crippen molar-refractivity contribution >= 4 is 11.6 Å². The Morgan fingerprint density at radius 2 is 2.20 bits per heavy atom. The second kappa shape index (κ2) is 4.22. The molecule has 2 aromatic rings. The number of nitrogens with zero attached hydrogens (tertiary/aromatic N) is 5. The minimum absolute atomic E-state index is 0.241. The van der Waals surface area contributed by atoms with Crippen LogP contribution >= 0.6 is 11.6 Å². The van der Waals surface area contributed by atoms with Gasteiger partial charge in [-0.15, -0.1) is 16.7 Å². The molecule has 2 heterocycles. The minimum Gasteiger partial charge on any atom is -0.402 e. The van der Waals surface area contributed by atoms with Gasteiger partial charge in [0.25, 0.3) is 0 Å². The van der Waals surface area contributed by atoms with E-state index in [0.29, 0.717) is 17.5 Å². The molecule has 0 aliphatic heterocycles. The molecule has 0 fully saturated rings. The lowest BCUT2D eigenvalue weighted by atomic mass is 10.5. The Hall–Kier alpha value is -1.69. The van der Waals surface area contributed by atoms with Crippen LogP contribution in [0.25, 0.3) is 0 Å². The molecular formula is C8H8ClN5O. The van der Waals surface area contributed by atoms with E-state index in [1.807, 2.05) is 0 Å². The molecule has 2 aromatic heterocycles. The fraction of sp³-hybridized carbons (Fsp3) is 0.250. The van der Waals surface area contributed by atoms with Crippen molar-refractivity contribution in [3.05, 3.63) is 24.4 Å². The Balaban J connectivity index is 2.11. The van der Waals surface area contributed by atoms with Crippen LogP contribution < -0.4 is 4.74 Å². The van der Waals surface area contributed by atoms with Gasteiger partial charge < -0.3 is 4.74 Å². The number of alkyl halides is 1. The van der Waals surface area contributed by atoms with Crippen LogP contribution in [-0.4, -0.2) is 24.7 Å². The number of aryl methyl sites for hydroxylation is 1. The van der Waals surface area contributed by atoms with Gasteiger partial charge in [-0.2, -0.15) is 4.98 Å². The fourth-order valence-electron chi connectivity index (χ4n) is 0.924. The summed E-state index contributed by atoms with van der Waals surface area (Å²) < 4.78 is 6.78. The summed E-state index contributed by atoms with van der Waals surface area (Å²) in [4.78, 5) is 11.9. The third-order valence-electron chi connectivity index (χ3n) is 1.59. The van der Waals surface area contributed by atoms with E-state index in [1.165, 1.54) is 17.2 Å². The molecule has 0 aliphatic rings. The maximum absolute atomic E-state index is 5.57. The monoisotopic (exact) mass is 225 g/mol. The van der Waals surface area contributed by atoms with Crippen molar-refractivity contribution in [2.24, 2.45) is 7.05 Å². The number of hydrogen-bond donors (Lipinski definition) is 0. The van der Waals surface area contributed by atoms with Crippen LogP contribution in [0.4, 0.5) is 0 Å². The van der Waals surface area contributed by atoms with Gasteiger partial charge >= 0.3 is 6.01 Å². The molecular weight excluding hydrogens is 218 g/mol. The van der Waals surface area contributed by atoms with E-state index in [9.17, 15) is 0 Å². The average Bonchev–Trinajstić information content (AvgIpc) is 2.65. The van der Waals surface area contributed by atoms with Crippen molar-refractivity contribution in [2.75, 3.05) is 0 Å². The van der Waals surface area contributed by atoms with Gasteiger partial charge in [0.2, 0.25) is 5.88 Å². The van der Waals surface area contributed by atoms with Gasteiger partial charge in [-0.3, -0.25) is 9.67 Å². The molecule has 0 amide bonds. The van der Waals surface area contributed by atoms with E-state index in [2.05, 4.69) is 20.1 Å². The minimum atomic E-state index is 0.241. The number of rotatable bonds is 3. The molecule has 7 heteroatoms. The van der Waals surface area contributed by atoms with Gasteiger partial charge in [0.05, 0.1) is 24.0 Å². The number of ether oxygens (including phenoxy) is 1. The molecule has 0 N–H and O–H groups in total. The third-order valence-corrected chi connectivity index (χ3v) is 1.87. The molecule has 0 bridgehead atoms. The van der Waals surface area contributed by atoms with Crippen LogP contribution in [0.2, 0.25) is 0 Å². The van der Waals surface area contributed by atoms with Gasteiger partial charge in [-0.25, -0.2) is 4.98 Å². The molecule has 78 valence electrons. The van der Waals surface area contributed by atoms with Crippen molar-refractivity contribution < 1.29 is 4.74 Å². The van der Waals surface area contributed by atoms with Crippen molar-refractivity contribution in [1.29, 1.82) is 0 Å². The second-order valence-corrected chi connectivity index (χ2v) is 3.05. The van der Waals surface area contributed by atoms with Crippen molar-refractivity contribution in [1.82, 2.24) is 24.7 Å². The van der Waals surface area contributed by atoms with Gasteiger partial charge in [0, 0.05) is 7.05 Å². The van der Waals surface area contributed by atoms with Gasteiger partial charge in [0.15, 0.2) is 0 Å². The van der Waals surface area contributed by atoms with Crippen molar-refractivity contribution in [3.63, 3.8) is 0 Å². The van der Waals surface area contributed by atoms with Gasteiger partial charge in [-0.1, -0.05) is 0 Å². The predicted octanol–water partition coefficient (Wildman–Crippen LogP) is 1.14.